The zero-order valence-corrected chi connectivity index (χ0v) is 12.5. The highest BCUT2D eigenvalue weighted by Crippen LogP contribution is 2.45. The van der Waals surface area contributed by atoms with E-state index in [4.69, 9.17) is 9.47 Å². The lowest BCUT2D eigenvalue weighted by Crippen LogP contribution is -2.59. The van der Waals surface area contributed by atoms with E-state index in [-0.39, 0.29) is 5.76 Å². The molecule has 1 aromatic carbocycles. The summed E-state index contributed by atoms with van der Waals surface area (Å²) in [5.74, 6) is -1.18. The topological polar surface area (TPSA) is 72.8 Å². The second-order valence-electron chi connectivity index (χ2n) is 5.29. The standard InChI is InChI=1S/C17H18O5/c1-4-16(2,11-18)17(15(20)21-3)14(19)10-13(22-17)12-8-6-5-7-9-12/h4-10,18H,1,11H2,2-3H3. The van der Waals surface area contributed by atoms with Gasteiger partial charge >= 0.3 is 5.97 Å². The zero-order chi connectivity index (χ0) is 16.4. The normalized spacial score (nSPS) is 23.2. The van der Waals surface area contributed by atoms with Crippen LogP contribution >= 0.6 is 0 Å². The summed E-state index contributed by atoms with van der Waals surface area (Å²) in [7, 11) is 1.17. The number of ketones is 1. The fourth-order valence-electron chi connectivity index (χ4n) is 2.45. The summed E-state index contributed by atoms with van der Waals surface area (Å²) in [4.78, 5) is 24.9. The lowest BCUT2D eigenvalue weighted by molar-refractivity contribution is -0.176. The molecule has 0 aliphatic carbocycles. The summed E-state index contributed by atoms with van der Waals surface area (Å²) >= 11 is 0. The van der Waals surface area contributed by atoms with Crippen LogP contribution in [0.15, 0.2) is 49.1 Å². The maximum atomic E-state index is 12.6. The smallest absolute Gasteiger partial charge is 0.359 e. The van der Waals surface area contributed by atoms with Gasteiger partial charge in [0.2, 0.25) is 5.78 Å². The molecule has 0 saturated heterocycles. The maximum Gasteiger partial charge on any atom is 0.359 e. The van der Waals surface area contributed by atoms with Crippen LogP contribution in [0, 0.1) is 5.41 Å². The Balaban J connectivity index is 2.53. The molecule has 2 atom stereocenters. The Morgan fingerprint density at radius 2 is 2.09 bits per heavy atom. The first-order valence-corrected chi connectivity index (χ1v) is 6.78. The number of aliphatic hydroxyl groups excluding tert-OH is 1. The van der Waals surface area contributed by atoms with Gasteiger partial charge in [0.15, 0.2) is 0 Å². The predicted molar refractivity (Wildman–Crippen MR) is 80.6 cm³/mol. The molecule has 0 radical (unpaired) electrons. The molecule has 1 aliphatic heterocycles. The number of hydrogen-bond donors (Lipinski definition) is 1. The molecule has 0 fully saturated rings. The van der Waals surface area contributed by atoms with Gasteiger partial charge in [0.05, 0.1) is 19.1 Å². The molecule has 1 heterocycles. The van der Waals surface area contributed by atoms with E-state index in [9.17, 15) is 14.7 Å². The lowest BCUT2D eigenvalue weighted by atomic mass is 9.71. The van der Waals surface area contributed by atoms with Gasteiger partial charge < -0.3 is 14.6 Å². The average Bonchev–Trinajstić information content (AvgIpc) is 2.93. The molecule has 116 valence electrons. The monoisotopic (exact) mass is 302 g/mol. The van der Waals surface area contributed by atoms with Gasteiger partial charge in [0.25, 0.3) is 5.60 Å². The summed E-state index contributed by atoms with van der Waals surface area (Å²) < 4.78 is 10.5. The van der Waals surface area contributed by atoms with Gasteiger partial charge in [0, 0.05) is 11.6 Å². The Morgan fingerprint density at radius 3 is 2.59 bits per heavy atom. The molecule has 0 saturated carbocycles. The molecule has 1 aliphatic rings. The first-order valence-electron chi connectivity index (χ1n) is 6.78. The minimum atomic E-state index is -1.97. The third-order valence-corrected chi connectivity index (χ3v) is 3.99. The molecule has 1 N–H and O–H groups in total. The predicted octanol–water partition coefficient (Wildman–Crippen LogP) is 1.72. The number of carbonyl (C=O) groups is 2. The third kappa shape index (κ3) is 2.14. The summed E-state index contributed by atoms with van der Waals surface area (Å²) in [6.45, 7) is 4.65. The van der Waals surface area contributed by atoms with Gasteiger partial charge in [0.1, 0.15) is 5.76 Å². The Hall–Kier alpha value is -2.40. The van der Waals surface area contributed by atoms with E-state index in [1.54, 1.807) is 24.3 Å². The SMILES string of the molecule is C=CC(C)(CO)C1(C(=O)OC)OC(c2ccccc2)=CC1=O. The number of hydrogen-bond acceptors (Lipinski definition) is 5. The van der Waals surface area contributed by atoms with Crippen molar-refractivity contribution in [1.82, 2.24) is 0 Å². The van der Waals surface area contributed by atoms with Crippen molar-refractivity contribution in [1.29, 1.82) is 0 Å². The molecule has 2 rings (SSSR count). The average molecular weight is 302 g/mol. The minimum absolute atomic E-state index is 0.262. The van der Waals surface area contributed by atoms with E-state index in [0.29, 0.717) is 5.56 Å². The van der Waals surface area contributed by atoms with Crippen molar-refractivity contribution < 1.29 is 24.2 Å². The van der Waals surface area contributed by atoms with Crippen molar-refractivity contribution >= 4 is 17.5 Å². The van der Waals surface area contributed by atoms with Crippen molar-refractivity contribution in [2.24, 2.45) is 5.41 Å². The van der Waals surface area contributed by atoms with Crippen LogP contribution in [0.25, 0.3) is 5.76 Å². The highest BCUT2D eigenvalue weighted by Gasteiger charge is 2.63. The number of rotatable bonds is 5. The molecule has 1 aromatic rings. The molecule has 22 heavy (non-hydrogen) atoms. The second kappa shape index (κ2) is 5.77. The van der Waals surface area contributed by atoms with Crippen LogP contribution in [0.3, 0.4) is 0 Å². The van der Waals surface area contributed by atoms with Crippen LogP contribution in [0.2, 0.25) is 0 Å². The van der Waals surface area contributed by atoms with Crippen LogP contribution in [-0.4, -0.2) is 36.2 Å². The van der Waals surface area contributed by atoms with Gasteiger partial charge in [-0.1, -0.05) is 36.4 Å². The second-order valence-corrected chi connectivity index (χ2v) is 5.29. The first-order chi connectivity index (χ1) is 10.4. The molecule has 0 spiro atoms. The van der Waals surface area contributed by atoms with Crippen molar-refractivity contribution in [2.45, 2.75) is 12.5 Å². The third-order valence-electron chi connectivity index (χ3n) is 3.99. The molecule has 0 bridgehead atoms. The number of aliphatic hydroxyl groups is 1. The molecule has 5 heteroatoms. The fourth-order valence-corrected chi connectivity index (χ4v) is 2.45. The van der Waals surface area contributed by atoms with E-state index in [0.717, 1.165) is 0 Å². The number of benzene rings is 1. The van der Waals surface area contributed by atoms with Crippen LogP contribution < -0.4 is 0 Å². The Kier molecular flexibility index (Phi) is 4.19. The quantitative estimate of drug-likeness (QED) is 0.509. The highest BCUT2D eigenvalue weighted by molar-refractivity contribution is 6.18. The number of methoxy groups -OCH3 is 1. The molecule has 0 aromatic heterocycles. The fraction of sp³-hybridized carbons (Fsp3) is 0.294. The Morgan fingerprint density at radius 1 is 1.45 bits per heavy atom. The zero-order valence-electron chi connectivity index (χ0n) is 12.5. The summed E-state index contributed by atoms with van der Waals surface area (Å²) in [5.41, 5.74) is -2.63. The van der Waals surface area contributed by atoms with E-state index < -0.39 is 29.4 Å². The van der Waals surface area contributed by atoms with Crippen molar-refractivity contribution in [3.8, 4) is 0 Å². The molecular weight excluding hydrogens is 284 g/mol. The molecule has 2 unspecified atom stereocenters. The van der Waals surface area contributed by atoms with Gasteiger partial charge in [-0.3, -0.25) is 4.79 Å². The summed E-state index contributed by atoms with van der Waals surface area (Å²) in [5, 5.41) is 9.70. The molecule has 0 amide bonds. The minimum Gasteiger partial charge on any atom is -0.466 e. The summed E-state index contributed by atoms with van der Waals surface area (Å²) in [6, 6.07) is 8.94. The van der Waals surface area contributed by atoms with E-state index in [2.05, 4.69) is 6.58 Å². The lowest BCUT2D eigenvalue weighted by Gasteiger charge is -2.38. The van der Waals surface area contributed by atoms with Crippen molar-refractivity contribution in [2.75, 3.05) is 13.7 Å². The largest absolute Gasteiger partial charge is 0.466 e. The molecular formula is C17H18O5. The van der Waals surface area contributed by atoms with Gasteiger partial charge in [-0.25, -0.2) is 4.79 Å². The Labute approximate surface area is 128 Å². The van der Waals surface area contributed by atoms with Crippen LogP contribution in [0.4, 0.5) is 0 Å². The van der Waals surface area contributed by atoms with Gasteiger partial charge in [-0.2, -0.15) is 0 Å². The van der Waals surface area contributed by atoms with Crippen LogP contribution in [0.1, 0.15) is 12.5 Å². The van der Waals surface area contributed by atoms with E-state index in [1.807, 2.05) is 6.07 Å². The molecule has 5 nitrogen and oxygen atoms in total. The number of esters is 1. The van der Waals surface area contributed by atoms with Crippen LogP contribution in [0.5, 0.6) is 0 Å². The number of carbonyl (C=O) groups excluding carboxylic acids is 2. The Bertz CT molecular complexity index is 634. The van der Waals surface area contributed by atoms with E-state index >= 15 is 0 Å². The van der Waals surface area contributed by atoms with Gasteiger partial charge in [-0.15, -0.1) is 6.58 Å². The van der Waals surface area contributed by atoms with Gasteiger partial charge in [-0.05, 0) is 6.92 Å². The maximum absolute atomic E-state index is 12.6. The first kappa shape index (κ1) is 16.0. The summed E-state index contributed by atoms with van der Waals surface area (Å²) in [6.07, 6.45) is 2.59. The number of ether oxygens (including phenoxy) is 2. The highest BCUT2D eigenvalue weighted by atomic mass is 16.6. The van der Waals surface area contributed by atoms with Crippen molar-refractivity contribution in [3.63, 3.8) is 0 Å². The van der Waals surface area contributed by atoms with Crippen molar-refractivity contribution in [3.05, 3.63) is 54.6 Å². The van der Waals surface area contributed by atoms with Crippen LogP contribution in [-0.2, 0) is 19.1 Å². The van der Waals surface area contributed by atoms with E-state index in [1.165, 1.54) is 26.2 Å².